The van der Waals surface area contributed by atoms with Crippen molar-refractivity contribution in [2.24, 2.45) is 5.41 Å². The van der Waals surface area contributed by atoms with Gasteiger partial charge in [0.05, 0.1) is 19.2 Å². The number of carbonyl (C=O) groups is 2. The third-order valence-corrected chi connectivity index (χ3v) is 3.83. The quantitative estimate of drug-likeness (QED) is 0.534. The van der Waals surface area contributed by atoms with Crippen molar-refractivity contribution in [2.75, 3.05) is 19.7 Å². The van der Waals surface area contributed by atoms with Crippen LogP contribution in [0.15, 0.2) is 0 Å². The predicted octanol–water partition coefficient (Wildman–Crippen LogP) is 0.575. The fourth-order valence-electron chi connectivity index (χ4n) is 2.77. The first-order chi connectivity index (χ1) is 7.95. The van der Waals surface area contributed by atoms with Crippen LogP contribution >= 0.6 is 0 Å². The minimum Gasteiger partial charge on any atom is -0.391 e. The summed E-state index contributed by atoms with van der Waals surface area (Å²) in [5, 5.41) is 0. The van der Waals surface area contributed by atoms with Crippen molar-refractivity contribution in [3.63, 3.8) is 0 Å². The van der Waals surface area contributed by atoms with Crippen molar-refractivity contribution >= 4 is 11.9 Å². The van der Waals surface area contributed by atoms with Gasteiger partial charge in [0.2, 0.25) is 0 Å². The van der Waals surface area contributed by atoms with Crippen LogP contribution < -0.4 is 0 Å². The Bertz CT molecular complexity index is 323. The summed E-state index contributed by atoms with van der Waals surface area (Å²) < 4.78 is 10.2. The lowest BCUT2D eigenvalue weighted by atomic mass is 9.63. The zero-order valence-corrected chi connectivity index (χ0v) is 10.6. The molecular formula is C12H19NO4. The number of cyclic esters (lactones) is 2. The van der Waals surface area contributed by atoms with Crippen molar-refractivity contribution in [1.82, 2.24) is 4.90 Å². The topological polar surface area (TPSA) is 55.8 Å². The van der Waals surface area contributed by atoms with E-state index in [-0.39, 0.29) is 30.7 Å². The largest absolute Gasteiger partial charge is 0.391 e. The van der Waals surface area contributed by atoms with Crippen molar-refractivity contribution < 1.29 is 19.1 Å². The smallest absolute Gasteiger partial charge is 0.327 e. The third-order valence-electron chi connectivity index (χ3n) is 3.83. The van der Waals surface area contributed by atoms with Gasteiger partial charge >= 0.3 is 11.9 Å². The van der Waals surface area contributed by atoms with E-state index < -0.39 is 11.9 Å². The van der Waals surface area contributed by atoms with Crippen LogP contribution in [0.5, 0.6) is 0 Å². The first-order valence-electron chi connectivity index (χ1n) is 6.04. The molecule has 2 unspecified atom stereocenters. The van der Waals surface area contributed by atoms with E-state index >= 15 is 0 Å². The monoisotopic (exact) mass is 241 g/mol. The molecule has 96 valence electrons. The van der Waals surface area contributed by atoms with Gasteiger partial charge in [0.15, 0.2) is 0 Å². The second-order valence-corrected chi connectivity index (χ2v) is 5.27. The number of hydrogen-bond donors (Lipinski definition) is 0. The highest BCUT2D eigenvalue weighted by Gasteiger charge is 2.52. The second kappa shape index (κ2) is 4.38. The first kappa shape index (κ1) is 12.5. The molecule has 17 heavy (non-hydrogen) atoms. The van der Waals surface area contributed by atoms with E-state index in [1.54, 1.807) is 0 Å². The van der Waals surface area contributed by atoms with Gasteiger partial charge in [0.25, 0.3) is 0 Å². The molecule has 0 aromatic heterocycles. The number of morpholine rings is 1. The Kier molecular flexibility index (Phi) is 3.23. The Hall–Kier alpha value is -0.940. The highest BCUT2D eigenvalue weighted by atomic mass is 16.6. The van der Waals surface area contributed by atoms with E-state index in [4.69, 9.17) is 4.74 Å². The Morgan fingerprint density at radius 3 is 2.41 bits per heavy atom. The van der Waals surface area contributed by atoms with Crippen molar-refractivity contribution in [2.45, 2.75) is 39.3 Å². The fraction of sp³-hybridized carbons (Fsp3) is 0.833. The summed E-state index contributed by atoms with van der Waals surface area (Å²) in [7, 11) is 0. The molecule has 0 spiro atoms. The summed E-state index contributed by atoms with van der Waals surface area (Å²) >= 11 is 0. The number of hydrogen-bond acceptors (Lipinski definition) is 5. The SMILES string of the molecule is CCOC1CC(N2CC(=O)OC(=O)C2)C1(C)C. The van der Waals surface area contributed by atoms with Crippen LogP contribution in [0.25, 0.3) is 0 Å². The Labute approximate surface area is 101 Å². The molecule has 5 nitrogen and oxygen atoms in total. The summed E-state index contributed by atoms with van der Waals surface area (Å²) in [6.45, 7) is 7.32. The average molecular weight is 241 g/mol. The number of ether oxygens (including phenoxy) is 2. The van der Waals surface area contributed by atoms with Crippen LogP contribution in [-0.2, 0) is 19.1 Å². The molecular weight excluding hydrogens is 222 g/mol. The van der Waals surface area contributed by atoms with E-state index in [1.807, 2.05) is 11.8 Å². The lowest BCUT2D eigenvalue weighted by molar-refractivity contribution is -0.183. The molecule has 1 aliphatic carbocycles. The maximum atomic E-state index is 11.2. The molecule has 0 aromatic rings. The standard InChI is InChI=1S/C12H19NO4/c1-4-16-9-5-8(12(9,2)3)13-6-10(14)17-11(15)7-13/h8-9H,4-7H2,1-3H3. The molecule has 1 aliphatic heterocycles. The van der Waals surface area contributed by atoms with E-state index in [9.17, 15) is 9.59 Å². The Balaban J connectivity index is 2.00. The highest BCUT2D eigenvalue weighted by molar-refractivity contribution is 5.90. The minimum absolute atomic E-state index is 0.0199. The summed E-state index contributed by atoms with van der Waals surface area (Å²) in [4.78, 5) is 24.4. The lowest BCUT2D eigenvalue weighted by Gasteiger charge is -2.55. The van der Waals surface area contributed by atoms with Gasteiger partial charge in [-0.1, -0.05) is 13.8 Å². The second-order valence-electron chi connectivity index (χ2n) is 5.27. The molecule has 1 heterocycles. The maximum Gasteiger partial charge on any atom is 0.327 e. The highest BCUT2D eigenvalue weighted by Crippen LogP contribution is 2.45. The third kappa shape index (κ3) is 2.21. The molecule has 2 aliphatic rings. The summed E-state index contributed by atoms with van der Waals surface area (Å²) in [5.41, 5.74) is -0.0199. The number of esters is 2. The molecule has 1 saturated heterocycles. The summed E-state index contributed by atoms with van der Waals surface area (Å²) in [6.07, 6.45) is 1.09. The van der Waals surface area contributed by atoms with Crippen LogP contribution in [0.3, 0.4) is 0 Å². The van der Waals surface area contributed by atoms with Gasteiger partial charge in [-0.25, -0.2) is 0 Å². The fourth-order valence-corrected chi connectivity index (χ4v) is 2.77. The average Bonchev–Trinajstić information content (AvgIpc) is 2.22. The number of carbonyl (C=O) groups excluding carboxylic acids is 2. The normalized spacial score (nSPS) is 33.1. The van der Waals surface area contributed by atoms with Gasteiger partial charge < -0.3 is 9.47 Å². The van der Waals surface area contributed by atoms with Gasteiger partial charge in [-0.05, 0) is 13.3 Å². The number of rotatable bonds is 3. The molecule has 5 heteroatoms. The van der Waals surface area contributed by atoms with E-state index in [0.29, 0.717) is 6.61 Å². The van der Waals surface area contributed by atoms with Gasteiger partial charge in [-0.2, -0.15) is 0 Å². The van der Waals surface area contributed by atoms with Crippen molar-refractivity contribution in [3.8, 4) is 0 Å². The Morgan fingerprint density at radius 1 is 1.35 bits per heavy atom. The number of nitrogens with zero attached hydrogens (tertiary/aromatic N) is 1. The maximum absolute atomic E-state index is 11.2. The van der Waals surface area contributed by atoms with E-state index in [0.717, 1.165) is 6.42 Å². The molecule has 2 fully saturated rings. The lowest BCUT2D eigenvalue weighted by Crippen LogP contribution is -2.64. The summed E-state index contributed by atoms with van der Waals surface area (Å²) in [5.74, 6) is -0.895. The zero-order valence-electron chi connectivity index (χ0n) is 10.6. The minimum atomic E-state index is -0.447. The Morgan fingerprint density at radius 2 is 1.94 bits per heavy atom. The first-order valence-corrected chi connectivity index (χ1v) is 6.04. The van der Waals surface area contributed by atoms with Crippen LogP contribution in [0.1, 0.15) is 27.2 Å². The molecule has 2 atom stereocenters. The van der Waals surface area contributed by atoms with Crippen LogP contribution in [0.2, 0.25) is 0 Å². The summed E-state index contributed by atoms with van der Waals surface area (Å²) in [6, 6.07) is 0.218. The van der Waals surface area contributed by atoms with E-state index in [2.05, 4.69) is 18.6 Å². The molecule has 2 rings (SSSR count). The molecule has 0 radical (unpaired) electrons. The van der Waals surface area contributed by atoms with Crippen LogP contribution in [0, 0.1) is 5.41 Å². The zero-order chi connectivity index (χ0) is 12.6. The van der Waals surface area contributed by atoms with Gasteiger partial charge in [-0.3, -0.25) is 14.5 Å². The molecule has 1 saturated carbocycles. The van der Waals surface area contributed by atoms with Gasteiger partial charge in [0.1, 0.15) is 0 Å². The molecule has 0 bridgehead atoms. The molecule has 0 amide bonds. The van der Waals surface area contributed by atoms with Crippen LogP contribution in [-0.4, -0.2) is 48.7 Å². The van der Waals surface area contributed by atoms with Crippen molar-refractivity contribution in [1.29, 1.82) is 0 Å². The molecule has 0 aromatic carbocycles. The predicted molar refractivity (Wildman–Crippen MR) is 60.3 cm³/mol. The van der Waals surface area contributed by atoms with Crippen LogP contribution in [0.4, 0.5) is 0 Å². The molecule has 0 N–H and O–H groups in total. The van der Waals surface area contributed by atoms with E-state index in [1.165, 1.54) is 0 Å². The van der Waals surface area contributed by atoms with Gasteiger partial charge in [-0.15, -0.1) is 0 Å². The van der Waals surface area contributed by atoms with Crippen molar-refractivity contribution in [3.05, 3.63) is 0 Å². The van der Waals surface area contributed by atoms with Gasteiger partial charge in [0, 0.05) is 18.1 Å².